The van der Waals surface area contributed by atoms with Crippen molar-refractivity contribution in [3.8, 4) is 9.88 Å². The molecule has 0 radical (unpaired) electrons. The van der Waals surface area contributed by atoms with Gasteiger partial charge in [0.25, 0.3) is 5.91 Å². The Hall–Kier alpha value is -1.24. The highest BCUT2D eigenvalue weighted by Crippen LogP contribution is 2.32. The van der Waals surface area contributed by atoms with Crippen molar-refractivity contribution in [1.29, 1.82) is 0 Å². The monoisotopic (exact) mass is 308 g/mol. The van der Waals surface area contributed by atoms with Crippen molar-refractivity contribution >= 4 is 28.6 Å². The van der Waals surface area contributed by atoms with Crippen LogP contribution in [-0.2, 0) is 0 Å². The second-order valence-electron chi connectivity index (χ2n) is 4.89. The minimum absolute atomic E-state index is 0.0133. The highest BCUT2D eigenvalue weighted by Gasteiger charge is 2.31. The number of nitrogens with zero attached hydrogens (tertiary/aromatic N) is 2. The molecule has 0 bridgehead atoms. The number of amides is 1. The maximum Gasteiger partial charge on any atom is 0.266 e. The van der Waals surface area contributed by atoms with Crippen molar-refractivity contribution in [1.82, 2.24) is 9.88 Å². The molecule has 0 unspecified atom stereocenters. The standard InChI is InChI=1S/C14H16N2O2S2/c1-9-12(14(18)16-6-2-4-10(16)8-17)20-13(15-9)11-5-3-7-19-11/h3,5,7,10,17H,2,4,6,8H2,1H3/t10-/m0/s1. The first-order valence-corrected chi connectivity index (χ1v) is 8.33. The SMILES string of the molecule is Cc1nc(-c2cccs2)sc1C(=O)N1CCC[C@H]1CO. The number of aromatic nitrogens is 1. The largest absolute Gasteiger partial charge is 0.394 e. The lowest BCUT2D eigenvalue weighted by Gasteiger charge is -2.22. The minimum atomic E-state index is -0.0332. The summed E-state index contributed by atoms with van der Waals surface area (Å²) in [5.74, 6) is 0.0133. The third-order valence-electron chi connectivity index (χ3n) is 3.57. The van der Waals surface area contributed by atoms with Crippen molar-refractivity contribution < 1.29 is 9.90 Å². The van der Waals surface area contributed by atoms with Gasteiger partial charge in [0.1, 0.15) is 9.88 Å². The number of aliphatic hydroxyl groups is 1. The number of carbonyl (C=O) groups is 1. The van der Waals surface area contributed by atoms with Crippen LogP contribution < -0.4 is 0 Å². The van der Waals surface area contributed by atoms with Crippen LogP contribution in [0.3, 0.4) is 0 Å². The second-order valence-corrected chi connectivity index (χ2v) is 6.83. The summed E-state index contributed by atoms with van der Waals surface area (Å²) in [6, 6.07) is 3.97. The molecule has 6 heteroatoms. The number of likely N-dealkylation sites (tertiary alicyclic amines) is 1. The number of hydrogen-bond acceptors (Lipinski definition) is 5. The van der Waals surface area contributed by atoms with Gasteiger partial charge in [-0.3, -0.25) is 4.79 Å². The van der Waals surface area contributed by atoms with E-state index in [4.69, 9.17) is 0 Å². The van der Waals surface area contributed by atoms with Gasteiger partial charge in [0, 0.05) is 6.54 Å². The number of aryl methyl sites for hydroxylation is 1. The zero-order valence-corrected chi connectivity index (χ0v) is 12.8. The predicted octanol–water partition coefficient (Wildman–Crippen LogP) is 2.78. The molecule has 0 spiro atoms. The van der Waals surface area contributed by atoms with Crippen LogP contribution in [0.5, 0.6) is 0 Å². The molecule has 0 aliphatic carbocycles. The maximum atomic E-state index is 12.6. The average Bonchev–Trinajstić information content (AvgIpc) is 3.17. The smallest absolute Gasteiger partial charge is 0.266 e. The van der Waals surface area contributed by atoms with Gasteiger partial charge >= 0.3 is 0 Å². The molecule has 2 aromatic heterocycles. The number of hydrogen-bond donors (Lipinski definition) is 1. The number of rotatable bonds is 3. The minimum Gasteiger partial charge on any atom is -0.394 e. The van der Waals surface area contributed by atoms with Gasteiger partial charge in [0.05, 0.1) is 23.2 Å². The lowest BCUT2D eigenvalue weighted by atomic mass is 10.2. The average molecular weight is 308 g/mol. The number of aliphatic hydroxyl groups excluding tert-OH is 1. The van der Waals surface area contributed by atoms with Crippen LogP contribution in [0, 0.1) is 6.92 Å². The Morgan fingerprint density at radius 2 is 2.45 bits per heavy atom. The Bertz CT molecular complexity index is 607. The van der Waals surface area contributed by atoms with Crippen molar-refractivity contribution in [2.75, 3.05) is 13.2 Å². The molecule has 1 amide bonds. The van der Waals surface area contributed by atoms with Gasteiger partial charge in [-0.15, -0.1) is 22.7 Å². The summed E-state index contributed by atoms with van der Waals surface area (Å²) >= 11 is 3.08. The van der Waals surface area contributed by atoms with Gasteiger partial charge < -0.3 is 10.0 Å². The van der Waals surface area contributed by atoms with Crippen molar-refractivity contribution in [2.24, 2.45) is 0 Å². The van der Waals surface area contributed by atoms with Gasteiger partial charge in [-0.05, 0) is 31.2 Å². The Morgan fingerprint density at radius 1 is 1.60 bits per heavy atom. The zero-order chi connectivity index (χ0) is 14.1. The van der Waals surface area contributed by atoms with Crippen LogP contribution in [-0.4, -0.2) is 40.1 Å². The van der Waals surface area contributed by atoms with Crippen LogP contribution in [0.25, 0.3) is 9.88 Å². The third kappa shape index (κ3) is 2.39. The molecule has 0 aromatic carbocycles. The molecular formula is C14H16N2O2S2. The van der Waals surface area contributed by atoms with Crippen LogP contribution in [0.2, 0.25) is 0 Å². The molecule has 106 valence electrons. The zero-order valence-electron chi connectivity index (χ0n) is 11.2. The van der Waals surface area contributed by atoms with Gasteiger partial charge in [0.2, 0.25) is 0 Å². The van der Waals surface area contributed by atoms with E-state index in [1.807, 2.05) is 24.4 Å². The Balaban J connectivity index is 1.89. The Morgan fingerprint density at radius 3 is 3.15 bits per heavy atom. The van der Waals surface area contributed by atoms with Crippen molar-refractivity contribution in [3.63, 3.8) is 0 Å². The van der Waals surface area contributed by atoms with E-state index in [9.17, 15) is 9.90 Å². The quantitative estimate of drug-likeness (QED) is 0.948. The lowest BCUT2D eigenvalue weighted by molar-refractivity contribution is 0.0681. The normalized spacial score (nSPS) is 18.7. The van der Waals surface area contributed by atoms with E-state index in [1.165, 1.54) is 11.3 Å². The van der Waals surface area contributed by atoms with E-state index in [0.717, 1.165) is 35.0 Å². The first-order valence-electron chi connectivity index (χ1n) is 6.64. The second kappa shape index (κ2) is 5.63. The number of thiazole rings is 1. The molecule has 3 rings (SSSR count). The fourth-order valence-corrected chi connectivity index (χ4v) is 4.34. The summed E-state index contributed by atoms with van der Waals surface area (Å²) in [5.41, 5.74) is 0.784. The van der Waals surface area contributed by atoms with Gasteiger partial charge in [0.15, 0.2) is 0 Å². The first-order chi connectivity index (χ1) is 9.70. The topological polar surface area (TPSA) is 53.4 Å². The van der Waals surface area contributed by atoms with E-state index in [0.29, 0.717) is 4.88 Å². The first kappa shape index (κ1) is 13.7. The molecular weight excluding hydrogens is 292 g/mol. The third-order valence-corrected chi connectivity index (χ3v) is 5.76. The summed E-state index contributed by atoms with van der Waals surface area (Å²) in [6.45, 7) is 2.65. The molecule has 20 heavy (non-hydrogen) atoms. The Kier molecular flexibility index (Phi) is 3.87. The molecule has 4 nitrogen and oxygen atoms in total. The van der Waals surface area contributed by atoms with Crippen molar-refractivity contribution in [2.45, 2.75) is 25.8 Å². The molecule has 1 N–H and O–H groups in total. The molecule has 1 saturated heterocycles. The molecule has 1 aliphatic heterocycles. The summed E-state index contributed by atoms with van der Waals surface area (Å²) in [7, 11) is 0. The highest BCUT2D eigenvalue weighted by atomic mass is 32.1. The lowest BCUT2D eigenvalue weighted by Crippen LogP contribution is -2.37. The van der Waals surface area contributed by atoms with E-state index in [2.05, 4.69) is 4.98 Å². The summed E-state index contributed by atoms with van der Waals surface area (Å²) in [4.78, 5) is 20.7. The van der Waals surface area contributed by atoms with E-state index in [-0.39, 0.29) is 18.6 Å². The number of thiophene rings is 1. The van der Waals surface area contributed by atoms with E-state index < -0.39 is 0 Å². The van der Waals surface area contributed by atoms with E-state index >= 15 is 0 Å². The van der Waals surface area contributed by atoms with Gasteiger partial charge in [-0.1, -0.05) is 6.07 Å². The molecule has 0 saturated carbocycles. The van der Waals surface area contributed by atoms with E-state index in [1.54, 1.807) is 16.2 Å². The van der Waals surface area contributed by atoms with Crippen LogP contribution in [0.4, 0.5) is 0 Å². The maximum absolute atomic E-state index is 12.6. The molecule has 1 aliphatic rings. The predicted molar refractivity (Wildman–Crippen MR) is 81.3 cm³/mol. The molecule has 1 atom stereocenters. The van der Waals surface area contributed by atoms with Crippen LogP contribution in [0.15, 0.2) is 17.5 Å². The fourth-order valence-electron chi connectivity index (χ4n) is 2.52. The Labute approximate surface area is 125 Å². The van der Waals surface area contributed by atoms with Crippen LogP contribution >= 0.6 is 22.7 Å². The highest BCUT2D eigenvalue weighted by molar-refractivity contribution is 7.22. The summed E-state index contributed by atoms with van der Waals surface area (Å²) < 4.78 is 0. The summed E-state index contributed by atoms with van der Waals surface area (Å²) in [5, 5.41) is 12.3. The molecule has 3 heterocycles. The van der Waals surface area contributed by atoms with Gasteiger partial charge in [-0.2, -0.15) is 0 Å². The van der Waals surface area contributed by atoms with Crippen molar-refractivity contribution in [3.05, 3.63) is 28.1 Å². The van der Waals surface area contributed by atoms with Gasteiger partial charge in [-0.25, -0.2) is 4.98 Å². The molecule has 2 aromatic rings. The fraction of sp³-hybridized carbons (Fsp3) is 0.429. The molecule has 1 fully saturated rings. The number of carbonyl (C=O) groups excluding carboxylic acids is 1. The van der Waals surface area contributed by atoms with Crippen LogP contribution in [0.1, 0.15) is 28.2 Å². The summed E-state index contributed by atoms with van der Waals surface area (Å²) in [6.07, 6.45) is 1.85.